The van der Waals surface area contributed by atoms with Crippen molar-refractivity contribution in [2.45, 2.75) is 13.3 Å². The summed E-state index contributed by atoms with van der Waals surface area (Å²) in [7, 11) is 0. The minimum atomic E-state index is -0.572. The van der Waals surface area contributed by atoms with Crippen molar-refractivity contribution in [1.29, 1.82) is 0 Å². The molecular formula is C13H15N5O3. The van der Waals surface area contributed by atoms with E-state index in [-0.39, 0.29) is 12.4 Å². The number of nitrogens with two attached hydrogens (primary N) is 1. The fourth-order valence-electron chi connectivity index (χ4n) is 1.56. The van der Waals surface area contributed by atoms with Crippen LogP contribution in [0, 0.1) is 0 Å². The van der Waals surface area contributed by atoms with Crippen LogP contribution in [0.5, 0.6) is 5.75 Å². The normalized spacial score (nSPS) is 10.1. The second-order valence-corrected chi connectivity index (χ2v) is 4.20. The zero-order valence-corrected chi connectivity index (χ0v) is 11.4. The van der Waals surface area contributed by atoms with E-state index in [0.29, 0.717) is 23.7 Å². The number of benzene rings is 1. The van der Waals surface area contributed by atoms with Gasteiger partial charge in [0.2, 0.25) is 5.82 Å². The van der Waals surface area contributed by atoms with E-state index in [2.05, 4.69) is 20.5 Å². The fraction of sp³-hybridized carbons (Fsp3) is 0.231. The van der Waals surface area contributed by atoms with Crippen molar-refractivity contribution >= 4 is 17.5 Å². The van der Waals surface area contributed by atoms with Crippen LogP contribution < -0.4 is 15.8 Å². The Labute approximate surface area is 120 Å². The molecule has 0 aliphatic heterocycles. The summed E-state index contributed by atoms with van der Waals surface area (Å²) in [5.41, 5.74) is 5.50. The number of aromatic nitrogens is 3. The minimum absolute atomic E-state index is 0.0651. The van der Waals surface area contributed by atoms with Crippen LogP contribution in [0.25, 0.3) is 0 Å². The van der Waals surface area contributed by atoms with Gasteiger partial charge in [-0.1, -0.05) is 13.0 Å². The molecule has 8 heteroatoms. The largest absolute Gasteiger partial charge is 0.484 e. The molecule has 2 rings (SSSR count). The number of ether oxygens (including phenoxy) is 1. The van der Waals surface area contributed by atoms with Crippen molar-refractivity contribution in [3.63, 3.8) is 0 Å². The Hall–Kier alpha value is -2.90. The first-order valence-electron chi connectivity index (χ1n) is 6.32. The molecule has 0 aliphatic rings. The van der Waals surface area contributed by atoms with Crippen LogP contribution in [0.3, 0.4) is 0 Å². The Morgan fingerprint density at radius 2 is 2.24 bits per heavy atom. The molecule has 0 unspecified atom stereocenters. The lowest BCUT2D eigenvalue weighted by Gasteiger charge is -2.06. The summed E-state index contributed by atoms with van der Waals surface area (Å²) in [6, 6.07) is 6.60. The number of hydrogen-bond donors (Lipinski definition) is 3. The lowest BCUT2D eigenvalue weighted by Crippen LogP contribution is -2.20. The number of primary amides is 1. The maximum Gasteiger partial charge on any atom is 0.295 e. The molecule has 21 heavy (non-hydrogen) atoms. The minimum Gasteiger partial charge on any atom is -0.484 e. The zero-order chi connectivity index (χ0) is 15.2. The van der Waals surface area contributed by atoms with Crippen LogP contribution in [0.2, 0.25) is 0 Å². The predicted molar refractivity (Wildman–Crippen MR) is 74.8 cm³/mol. The maximum absolute atomic E-state index is 11.9. The van der Waals surface area contributed by atoms with Crippen molar-refractivity contribution in [3.05, 3.63) is 35.9 Å². The van der Waals surface area contributed by atoms with Crippen molar-refractivity contribution in [3.8, 4) is 5.75 Å². The highest BCUT2D eigenvalue weighted by Crippen LogP contribution is 2.17. The van der Waals surface area contributed by atoms with Crippen molar-refractivity contribution < 1.29 is 14.3 Å². The van der Waals surface area contributed by atoms with E-state index in [1.807, 2.05) is 6.92 Å². The molecule has 0 bridgehead atoms. The number of anilines is 1. The molecule has 2 aromatic rings. The fourth-order valence-corrected chi connectivity index (χ4v) is 1.56. The molecule has 0 fully saturated rings. The molecule has 0 saturated heterocycles. The molecule has 8 nitrogen and oxygen atoms in total. The molecule has 1 aromatic carbocycles. The zero-order valence-electron chi connectivity index (χ0n) is 11.4. The predicted octanol–water partition coefficient (Wildman–Crippen LogP) is 0.483. The summed E-state index contributed by atoms with van der Waals surface area (Å²) < 4.78 is 5.15. The second-order valence-electron chi connectivity index (χ2n) is 4.20. The van der Waals surface area contributed by atoms with Crippen molar-refractivity contribution in [2.75, 3.05) is 11.9 Å². The Morgan fingerprint density at radius 1 is 1.43 bits per heavy atom. The molecule has 0 saturated carbocycles. The molecule has 0 spiro atoms. The second kappa shape index (κ2) is 6.51. The molecule has 0 atom stereocenters. The first-order chi connectivity index (χ1) is 10.1. The van der Waals surface area contributed by atoms with Gasteiger partial charge >= 0.3 is 0 Å². The average Bonchev–Trinajstić information content (AvgIpc) is 2.94. The van der Waals surface area contributed by atoms with E-state index >= 15 is 0 Å². The van der Waals surface area contributed by atoms with Crippen LogP contribution in [0.4, 0.5) is 5.69 Å². The van der Waals surface area contributed by atoms with Crippen LogP contribution in [-0.2, 0) is 11.2 Å². The van der Waals surface area contributed by atoms with Gasteiger partial charge in [0.1, 0.15) is 11.6 Å². The molecule has 1 aromatic heterocycles. The van der Waals surface area contributed by atoms with Crippen LogP contribution in [0.15, 0.2) is 24.3 Å². The van der Waals surface area contributed by atoms with Gasteiger partial charge in [-0.3, -0.25) is 14.7 Å². The molecular weight excluding hydrogens is 274 g/mol. The lowest BCUT2D eigenvalue weighted by molar-refractivity contribution is -0.119. The number of amides is 2. The van der Waals surface area contributed by atoms with Crippen LogP contribution in [-0.4, -0.2) is 33.6 Å². The van der Waals surface area contributed by atoms with Crippen molar-refractivity contribution in [2.24, 2.45) is 5.73 Å². The monoisotopic (exact) mass is 289 g/mol. The third kappa shape index (κ3) is 4.03. The third-order valence-electron chi connectivity index (χ3n) is 2.54. The topological polar surface area (TPSA) is 123 Å². The standard InChI is InChI=1S/C13H15N5O3/c1-2-11-16-12(18-17-11)13(20)15-8-4-3-5-9(6-8)21-7-10(14)19/h3-6H,2,7H2,1H3,(H2,14,19)(H,15,20)(H,16,17,18). The van der Waals surface area contributed by atoms with Crippen LogP contribution in [0.1, 0.15) is 23.4 Å². The van der Waals surface area contributed by atoms with Gasteiger partial charge in [0.25, 0.3) is 11.8 Å². The van der Waals surface area contributed by atoms with Gasteiger partial charge in [0.05, 0.1) is 0 Å². The molecule has 0 aliphatic carbocycles. The highest BCUT2D eigenvalue weighted by atomic mass is 16.5. The quantitative estimate of drug-likeness (QED) is 0.713. The highest BCUT2D eigenvalue weighted by Gasteiger charge is 2.12. The van der Waals surface area contributed by atoms with E-state index in [4.69, 9.17) is 10.5 Å². The number of carbonyl (C=O) groups is 2. The number of nitrogens with zero attached hydrogens (tertiary/aromatic N) is 2. The first kappa shape index (κ1) is 14.5. The Balaban J connectivity index is 2.03. The lowest BCUT2D eigenvalue weighted by atomic mass is 10.3. The van der Waals surface area contributed by atoms with Gasteiger partial charge in [-0.05, 0) is 12.1 Å². The Bertz CT molecular complexity index is 653. The summed E-state index contributed by atoms with van der Waals surface area (Å²) in [4.78, 5) is 26.6. The third-order valence-corrected chi connectivity index (χ3v) is 2.54. The molecule has 0 radical (unpaired) electrons. The first-order valence-corrected chi connectivity index (χ1v) is 6.32. The van der Waals surface area contributed by atoms with E-state index in [0.717, 1.165) is 0 Å². The van der Waals surface area contributed by atoms with Gasteiger partial charge in [-0.2, -0.15) is 0 Å². The van der Waals surface area contributed by atoms with Crippen LogP contribution >= 0.6 is 0 Å². The number of H-pyrrole nitrogens is 1. The summed E-state index contributed by atoms with van der Waals surface area (Å²) in [6.07, 6.45) is 0.663. The molecule has 1 heterocycles. The number of aromatic amines is 1. The smallest absolute Gasteiger partial charge is 0.295 e. The Kier molecular flexibility index (Phi) is 4.50. The van der Waals surface area contributed by atoms with Gasteiger partial charge < -0.3 is 15.8 Å². The number of carbonyl (C=O) groups excluding carboxylic acids is 2. The van der Waals surface area contributed by atoms with E-state index < -0.39 is 11.8 Å². The SMILES string of the molecule is CCc1nc(C(=O)Nc2cccc(OCC(N)=O)c2)n[nH]1. The van der Waals surface area contributed by atoms with Gasteiger partial charge in [0.15, 0.2) is 6.61 Å². The highest BCUT2D eigenvalue weighted by molar-refractivity contribution is 6.01. The number of aryl methyl sites for hydroxylation is 1. The van der Waals surface area contributed by atoms with Gasteiger partial charge in [0, 0.05) is 18.2 Å². The van der Waals surface area contributed by atoms with Gasteiger partial charge in [-0.25, -0.2) is 4.98 Å². The van der Waals surface area contributed by atoms with E-state index in [9.17, 15) is 9.59 Å². The summed E-state index contributed by atoms with van der Waals surface area (Å²) in [5.74, 6) is 0.125. The van der Waals surface area contributed by atoms with E-state index in [1.54, 1.807) is 24.3 Å². The number of nitrogens with one attached hydrogen (secondary N) is 2. The maximum atomic E-state index is 11.9. The summed E-state index contributed by atoms with van der Waals surface area (Å²) in [5, 5.41) is 9.14. The van der Waals surface area contributed by atoms with E-state index in [1.165, 1.54) is 0 Å². The molecule has 110 valence electrons. The summed E-state index contributed by atoms with van der Waals surface area (Å²) >= 11 is 0. The molecule has 4 N–H and O–H groups in total. The summed E-state index contributed by atoms with van der Waals surface area (Å²) in [6.45, 7) is 1.68. The van der Waals surface area contributed by atoms with Gasteiger partial charge in [-0.15, -0.1) is 5.10 Å². The van der Waals surface area contributed by atoms with Crippen molar-refractivity contribution in [1.82, 2.24) is 15.2 Å². The average molecular weight is 289 g/mol. The Morgan fingerprint density at radius 3 is 2.90 bits per heavy atom. The number of rotatable bonds is 6. The molecule has 2 amide bonds. The number of hydrogen-bond acceptors (Lipinski definition) is 5.